The van der Waals surface area contributed by atoms with Crippen molar-refractivity contribution in [1.29, 1.82) is 0 Å². The molecule has 0 radical (unpaired) electrons. The quantitative estimate of drug-likeness (QED) is 0.436. The highest BCUT2D eigenvalue weighted by molar-refractivity contribution is 5.97. The van der Waals surface area contributed by atoms with Gasteiger partial charge in [-0.25, -0.2) is 0 Å². The van der Waals surface area contributed by atoms with Crippen molar-refractivity contribution in [1.82, 2.24) is 4.57 Å². The summed E-state index contributed by atoms with van der Waals surface area (Å²) in [4.78, 5) is 0. The van der Waals surface area contributed by atoms with E-state index in [2.05, 4.69) is 0 Å². The average Bonchev–Trinajstić information content (AvgIpc) is 2.37. The Hall–Kier alpha value is -0.583. The molecule has 0 saturated heterocycles. The number of rotatable bonds is 2. The fourth-order valence-electron chi connectivity index (χ4n) is 0.617. The van der Waals surface area contributed by atoms with Gasteiger partial charge in [-0.2, -0.15) is 0 Å². The zero-order chi connectivity index (χ0) is 6.69. The van der Waals surface area contributed by atoms with E-state index in [1.165, 1.54) is 0 Å². The molecule has 9 heavy (non-hydrogen) atoms. The molecule has 4 heteroatoms. The Bertz CT molecular complexity index is 163. The highest BCUT2D eigenvalue weighted by Crippen LogP contribution is 2.00. The first-order valence-electron chi connectivity index (χ1n) is 2.68. The van der Waals surface area contributed by atoms with E-state index < -0.39 is 6.41 Å². The predicted octanol–water partition coefficient (Wildman–Crippen LogP) is -0.767. The molecule has 50 valence electrons. The molecule has 1 heterocycles. The van der Waals surface area contributed by atoms with Crippen molar-refractivity contribution in [3.05, 3.63) is 24.5 Å². The molecule has 0 aliphatic heterocycles. The highest BCUT2D eigenvalue weighted by Gasteiger charge is 1.97. The number of hydrogen-bond donors (Lipinski definition) is 1. The van der Waals surface area contributed by atoms with Crippen LogP contribution in [0.2, 0.25) is 0 Å². The van der Waals surface area contributed by atoms with Gasteiger partial charge in [0.2, 0.25) is 6.41 Å². The van der Waals surface area contributed by atoms with Gasteiger partial charge in [0.25, 0.3) is 0 Å². The summed E-state index contributed by atoms with van der Waals surface area (Å²) in [5.74, 6) is 0. The Morgan fingerprint density at radius 3 is 2.44 bits per heavy atom. The van der Waals surface area contributed by atoms with Crippen molar-refractivity contribution >= 4 is 10.5 Å². The van der Waals surface area contributed by atoms with Crippen molar-refractivity contribution in [2.75, 3.05) is 0 Å². The predicted molar refractivity (Wildman–Crippen MR) is 36.7 cm³/mol. The number of aliphatic hydroxyl groups excluding tert-OH is 1. The Morgan fingerprint density at radius 2 is 2.00 bits per heavy atom. The van der Waals surface area contributed by atoms with E-state index in [1.54, 1.807) is 17.0 Å². The number of aliphatic hydroxyl groups is 1. The minimum atomic E-state index is -0.785. The van der Waals surface area contributed by atoms with Gasteiger partial charge in [0.05, 0.1) is 0 Å². The fourth-order valence-corrected chi connectivity index (χ4v) is 0.860. The maximum atomic E-state index is 8.99. The molecule has 0 aromatic carbocycles. The monoisotopic (exact) mass is 143 g/mol. The molecule has 0 saturated carbocycles. The third-order valence-corrected chi connectivity index (χ3v) is 1.52. The van der Waals surface area contributed by atoms with Gasteiger partial charge in [-0.05, 0) is 12.1 Å². The first-order chi connectivity index (χ1) is 4.34. The standard InChI is InChI=1S/C5H9NO2Si/c7-5(8-9)6-3-1-2-4-6/h1-5,7H,9H3. The topological polar surface area (TPSA) is 34.4 Å². The Morgan fingerprint density at radius 1 is 1.44 bits per heavy atom. The van der Waals surface area contributed by atoms with E-state index in [1.807, 2.05) is 12.1 Å². The number of nitrogens with zero attached hydrogens (tertiary/aromatic N) is 1. The van der Waals surface area contributed by atoms with Crippen LogP contribution in [0.15, 0.2) is 24.5 Å². The summed E-state index contributed by atoms with van der Waals surface area (Å²) < 4.78 is 6.34. The molecule has 3 nitrogen and oxygen atoms in total. The maximum Gasteiger partial charge on any atom is 0.231 e. The van der Waals surface area contributed by atoms with Crippen LogP contribution < -0.4 is 0 Å². The Balaban J connectivity index is 2.65. The van der Waals surface area contributed by atoms with Crippen molar-refractivity contribution in [3.8, 4) is 0 Å². The summed E-state index contributed by atoms with van der Waals surface area (Å²) in [6, 6.07) is 3.67. The lowest BCUT2D eigenvalue weighted by Crippen LogP contribution is -2.07. The van der Waals surface area contributed by atoms with E-state index in [0.717, 1.165) is 0 Å². The summed E-state index contributed by atoms with van der Waals surface area (Å²) in [6.45, 7) is 0. The molecule has 0 spiro atoms. The van der Waals surface area contributed by atoms with Crippen LogP contribution in [0.5, 0.6) is 0 Å². The van der Waals surface area contributed by atoms with Gasteiger partial charge >= 0.3 is 0 Å². The van der Waals surface area contributed by atoms with Crippen LogP contribution in [-0.4, -0.2) is 20.2 Å². The van der Waals surface area contributed by atoms with E-state index in [-0.39, 0.29) is 0 Å². The van der Waals surface area contributed by atoms with Gasteiger partial charge < -0.3 is 14.1 Å². The molecule has 1 unspecified atom stereocenters. The normalized spacial score (nSPS) is 13.9. The van der Waals surface area contributed by atoms with Gasteiger partial charge in [-0.1, -0.05) is 0 Å². The highest BCUT2D eigenvalue weighted by atomic mass is 28.2. The average molecular weight is 143 g/mol. The second kappa shape index (κ2) is 2.81. The van der Waals surface area contributed by atoms with Crippen LogP contribution in [0.25, 0.3) is 0 Å². The molecule has 0 aliphatic rings. The SMILES string of the molecule is OC(O[SiH3])n1cccc1. The number of aromatic nitrogens is 1. The zero-order valence-corrected chi connectivity index (χ0v) is 7.19. The summed E-state index contributed by atoms with van der Waals surface area (Å²) in [7, 11) is 0.548. The maximum absolute atomic E-state index is 8.99. The van der Waals surface area contributed by atoms with Gasteiger partial charge in [-0.3, -0.25) is 0 Å². The lowest BCUT2D eigenvalue weighted by Gasteiger charge is -2.08. The molecular formula is C5H9NO2Si. The van der Waals surface area contributed by atoms with Crippen LogP contribution in [0, 0.1) is 0 Å². The van der Waals surface area contributed by atoms with Gasteiger partial charge in [0.1, 0.15) is 0 Å². The van der Waals surface area contributed by atoms with Crippen molar-refractivity contribution in [2.45, 2.75) is 6.41 Å². The van der Waals surface area contributed by atoms with E-state index >= 15 is 0 Å². The van der Waals surface area contributed by atoms with Gasteiger partial charge in [0.15, 0.2) is 10.5 Å². The lowest BCUT2D eigenvalue weighted by molar-refractivity contribution is -0.0746. The largest absolute Gasteiger partial charge is 0.388 e. The second-order valence-corrected chi connectivity index (χ2v) is 2.16. The molecule has 0 bridgehead atoms. The zero-order valence-electron chi connectivity index (χ0n) is 5.19. The lowest BCUT2D eigenvalue weighted by atomic mass is 10.7. The molecule has 0 aliphatic carbocycles. The third-order valence-electron chi connectivity index (χ3n) is 1.09. The summed E-state index contributed by atoms with van der Waals surface area (Å²) in [6.07, 6.45) is 2.72. The molecule has 1 N–H and O–H groups in total. The molecule has 1 rings (SSSR count). The third kappa shape index (κ3) is 1.41. The van der Waals surface area contributed by atoms with E-state index in [0.29, 0.717) is 10.5 Å². The van der Waals surface area contributed by atoms with Gasteiger partial charge in [0, 0.05) is 12.4 Å². The smallest absolute Gasteiger partial charge is 0.231 e. The van der Waals surface area contributed by atoms with Crippen LogP contribution >= 0.6 is 0 Å². The minimum absolute atomic E-state index is 0.548. The summed E-state index contributed by atoms with van der Waals surface area (Å²) in [5.41, 5.74) is 0. The molecule has 1 aromatic rings. The molecule has 1 aromatic heterocycles. The first kappa shape index (κ1) is 6.54. The van der Waals surface area contributed by atoms with E-state index in [4.69, 9.17) is 9.53 Å². The molecule has 0 amide bonds. The second-order valence-electron chi connectivity index (χ2n) is 1.69. The summed E-state index contributed by atoms with van der Waals surface area (Å²) >= 11 is 0. The summed E-state index contributed by atoms with van der Waals surface area (Å²) in [5, 5.41) is 8.99. The van der Waals surface area contributed by atoms with Crippen LogP contribution in [0.3, 0.4) is 0 Å². The van der Waals surface area contributed by atoms with Crippen molar-refractivity contribution in [2.24, 2.45) is 0 Å². The fraction of sp³-hybridized carbons (Fsp3) is 0.200. The van der Waals surface area contributed by atoms with Crippen molar-refractivity contribution in [3.63, 3.8) is 0 Å². The first-order valence-corrected chi connectivity index (χ1v) is 3.49. The van der Waals surface area contributed by atoms with Crippen LogP contribution in [0.1, 0.15) is 6.41 Å². The van der Waals surface area contributed by atoms with E-state index in [9.17, 15) is 0 Å². The Labute approximate surface area is 56.4 Å². The molecule has 1 atom stereocenters. The van der Waals surface area contributed by atoms with Gasteiger partial charge in [-0.15, -0.1) is 0 Å². The number of hydrogen-bond acceptors (Lipinski definition) is 2. The minimum Gasteiger partial charge on any atom is -0.388 e. The van der Waals surface area contributed by atoms with Crippen LogP contribution in [0.4, 0.5) is 0 Å². The molecular weight excluding hydrogens is 134 g/mol. The van der Waals surface area contributed by atoms with Crippen molar-refractivity contribution < 1.29 is 9.53 Å². The van der Waals surface area contributed by atoms with Crippen LogP contribution in [-0.2, 0) is 4.43 Å². The molecule has 0 fully saturated rings. The Kier molecular flexibility index (Phi) is 2.04.